The molecule has 2 rings (SSSR count). The van der Waals surface area contributed by atoms with Crippen LogP contribution in [0.1, 0.15) is 12.5 Å². The van der Waals surface area contributed by atoms with Gasteiger partial charge in [0, 0.05) is 22.1 Å². The van der Waals surface area contributed by atoms with Crippen molar-refractivity contribution < 1.29 is 0 Å². The first-order valence-corrected chi connectivity index (χ1v) is 8.38. The van der Waals surface area contributed by atoms with Crippen molar-refractivity contribution >= 4 is 43.6 Å². The Bertz CT molecular complexity index is 561. The monoisotopic (exact) mass is 400 g/mol. The van der Waals surface area contributed by atoms with E-state index in [-0.39, 0.29) is 0 Å². The molecule has 0 aliphatic rings. The Balaban J connectivity index is 2.14. The SMILES string of the molecule is CCNCc1ccc(Sc2ncccc2Br)cc1Br. The van der Waals surface area contributed by atoms with E-state index in [9.17, 15) is 0 Å². The first-order valence-electron chi connectivity index (χ1n) is 5.98. The van der Waals surface area contributed by atoms with Crippen molar-refractivity contribution in [2.75, 3.05) is 6.54 Å². The van der Waals surface area contributed by atoms with Crippen molar-refractivity contribution in [2.24, 2.45) is 0 Å². The Morgan fingerprint density at radius 1 is 1.21 bits per heavy atom. The van der Waals surface area contributed by atoms with Gasteiger partial charge in [0.25, 0.3) is 0 Å². The standard InChI is InChI=1S/C14H14Br2N2S/c1-2-17-9-10-5-6-11(8-13(10)16)19-14-12(15)4-3-7-18-14/h3-8,17H,2,9H2,1H3. The zero-order valence-electron chi connectivity index (χ0n) is 10.5. The molecule has 0 saturated carbocycles. The highest BCUT2D eigenvalue weighted by atomic mass is 79.9. The number of nitrogens with zero attached hydrogens (tertiary/aromatic N) is 1. The van der Waals surface area contributed by atoms with Gasteiger partial charge in [-0.05, 0) is 52.3 Å². The lowest BCUT2D eigenvalue weighted by Gasteiger charge is -2.08. The fraction of sp³-hybridized carbons (Fsp3) is 0.214. The van der Waals surface area contributed by atoms with Gasteiger partial charge >= 0.3 is 0 Å². The Morgan fingerprint density at radius 2 is 2.05 bits per heavy atom. The van der Waals surface area contributed by atoms with Crippen molar-refractivity contribution in [3.63, 3.8) is 0 Å². The molecule has 0 saturated heterocycles. The molecule has 0 unspecified atom stereocenters. The van der Waals surface area contributed by atoms with E-state index < -0.39 is 0 Å². The van der Waals surface area contributed by atoms with E-state index in [0.717, 1.165) is 27.1 Å². The lowest BCUT2D eigenvalue weighted by molar-refractivity contribution is 0.724. The molecule has 19 heavy (non-hydrogen) atoms. The number of hydrogen-bond donors (Lipinski definition) is 1. The van der Waals surface area contributed by atoms with Crippen molar-refractivity contribution in [2.45, 2.75) is 23.4 Å². The van der Waals surface area contributed by atoms with Crippen LogP contribution in [0.15, 0.2) is 55.4 Å². The van der Waals surface area contributed by atoms with Crippen LogP contribution >= 0.6 is 43.6 Å². The number of aromatic nitrogens is 1. The molecule has 2 nitrogen and oxygen atoms in total. The van der Waals surface area contributed by atoms with Crippen molar-refractivity contribution in [3.05, 3.63) is 51.0 Å². The highest BCUT2D eigenvalue weighted by Crippen LogP contribution is 2.33. The number of benzene rings is 1. The number of pyridine rings is 1. The number of halogens is 2. The lowest BCUT2D eigenvalue weighted by atomic mass is 10.2. The zero-order valence-corrected chi connectivity index (χ0v) is 14.5. The third-order valence-corrected chi connectivity index (χ3v) is 5.18. The third kappa shape index (κ3) is 4.31. The van der Waals surface area contributed by atoms with Crippen LogP contribution in [0.2, 0.25) is 0 Å². The van der Waals surface area contributed by atoms with E-state index in [4.69, 9.17) is 0 Å². The molecule has 100 valence electrons. The topological polar surface area (TPSA) is 24.9 Å². The predicted molar refractivity (Wildman–Crippen MR) is 87.6 cm³/mol. The second kappa shape index (κ2) is 7.43. The van der Waals surface area contributed by atoms with Gasteiger partial charge in [-0.25, -0.2) is 4.98 Å². The summed E-state index contributed by atoms with van der Waals surface area (Å²) >= 11 is 8.79. The number of rotatable bonds is 5. The van der Waals surface area contributed by atoms with Crippen molar-refractivity contribution in [1.29, 1.82) is 0 Å². The van der Waals surface area contributed by atoms with Crippen LogP contribution in [0.5, 0.6) is 0 Å². The summed E-state index contributed by atoms with van der Waals surface area (Å²) < 4.78 is 2.15. The van der Waals surface area contributed by atoms with Gasteiger partial charge in [0.2, 0.25) is 0 Å². The Labute approximate surface area is 134 Å². The Morgan fingerprint density at radius 3 is 2.74 bits per heavy atom. The van der Waals surface area contributed by atoms with E-state index in [1.165, 1.54) is 10.5 Å². The average molecular weight is 402 g/mol. The summed E-state index contributed by atoms with van der Waals surface area (Å²) in [6.07, 6.45) is 1.81. The van der Waals surface area contributed by atoms with Crippen LogP contribution in [-0.4, -0.2) is 11.5 Å². The van der Waals surface area contributed by atoms with Gasteiger partial charge < -0.3 is 5.32 Å². The summed E-state index contributed by atoms with van der Waals surface area (Å²) in [6.45, 7) is 3.97. The number of nitrogens with one attached hydrogen (secondary N) is 1. The normalized spacial score (nSPS) is 10.7. The summed E-state index contributed by atoms with van der Waals surface area (Å²) in [7, 11) is 0. The molecule has 2 aromatic rings. The first-order chi connectivity index (χ1) is 9.20. The highest BCUT2D eigenvalue weighted by Gasteiger charge is 2.06. The molecule has 1 aromatic heterocycles. The summed E-state index contributed by atoms with van der Waals surface area (Å²) in [6, 6.07) is 10.3. The molecule has 0 radical (unpaired) electrons. The van der Waals surface area contributed by atoms with Crippen LogP contribution in [-0.2, 0) is 6.54 Å². The minimum atomic E-state index is 0.884. The molecule has 0 aliphatic heterocycles. The van der Waals surface area contributed by atoms with Crippen LogP contribution in [0.4, 0.5) is 0 Å². The second-order valence-corrected chi connectivity index (χ2v) is 6.70. The lowest BCUT2D eigenvalue weighted by Crippen LogP contribution is -2.11. The van der Waals surface area contributed by atoms with Gasteiger partial charge in [0.15, 0.2) is 0 Å². The summed E-state index contributed by atoms with van der Waals surface area (Å²) in [5.41, 5.74) is 1.27. The number of hydrogen-bond acceptors (Lipinski definition) is 3. The molecular weight excluding hydrogens is 388 g/mol. The molecule has 5 heteroatoms. The molecule has 0 amide bonds. The minimum absolute atomic E-state index is 0.884. The summed E-state index contributed by atoms with van der Waals surface area (Å²) in [5, 5.41) is 4.31. The summed E-state index contributed by atoms with van der Waals surface area (Å²) in [5.74, 6) is 0. The molecule has 0 spiro atoms. The second-order valence-electron chi connectivity index (χ2n) is 3.93. The van der Waals surface area contributed by atoms with Crippen molar-refractivity contribution in [1.82, 2.24) is 10.3 Å². The zero-order chi connectivity index (χ0) is 13.7. The highest BCUT2D eigenvalue weighted by molar-refractivity contribution is 9.10. The predicted octanol–water partition coefficient (Wildman–Crippen LogP) is 4.87. The Kier molecular flexibility index (Phi) is 5.88. The maximum Gasteiger partial charge on any atom is 0.115 e. The van der Waals surface area contributed by atoms with Crippen molar-refractivity contribution in [3.8, 4) is 0 Å². The van der Waals surface area contributed by atoms with Crippen LogP contribution in [0.25, 0.3) is 0 Å². The smallest absolute Gasteiger partial charge is 0.115 e. The first kappa shape index (κ1) is 15.0. The van der Waals surface area contributed by atoms with Gasteiger partial charge in [-0.15, -0.1) is 0 Å². The fourth-order valence-corrected chi connectivity index (χ4v) is 3.54. The largest absolute Gasteiger partial charge is 0.313 e. The third-order valence-electron chi connectivity index (χ3n) is 2.53. The van der Waals surface area contributed by atoms with E-state index in [0.29, 0.717) is 0 Å². The van der Waals surface area contributed by atoms with Gasteiger partial charge in [-0.2, -0.15) is 0 Å². The molecule has 0 fully saturated rings. The minimum Gasteiger partial charge on any atom is -0.313 e. The van der Waals surface area contributed by atoms with Gasteiger partial charge in [0.1, 0.15) is 5.03 Å². The average Bonchev–Trinajstić information content (AvgIpc) is 2.40. The van der Waals surface area contributed by atoms with Gasteiger partial charge in [-0.1, -0.05) is 40.7 Å². The molecule has 1 heterocycles. The van der Waals surface area contributed by atoms with Crippen LogP contribution in [0.3, 0.4) is 0 Å². The maximum absolute atomic E-state index is 4.36. The summed E-state index contributed by atoms with van der Waals surface area (Å²) in [4.78, 5) is 5.54. The van der Waals surface area contributed by atoms with Crippen LogP contribution in [0, 0.1) is 0 Å². The van der Waals surface area contributed by atoms with E-state index in [1.54, 1.807) is 11.8 Å². The van der Waals surface area contributed by atoms with Gasteiger partial charge in [-0.3, -0.25) is 0 Å². The maximum atomic E-state index is 4.36. The molecule has 1 N–H and O–H groups in total. The Hall–Kier alpha value is -0.360. The van der Waals surface area contributed by atoms with E-state index in [1.807, 2.05) is 18.3 Å². The fourth-order valence-electron chi connectivity index (χ4n) is 1.55. The quantitative estimate of drug-likeness (QED) is 0.773. The molecule has 1 aromatic carbocycles. The van der Waals surface area contributed by atoms with Crippen LogP contribution < -0.4 is 5.32 Å². The molecule has 0 aliphatic carbocycles. The van der Waals surface area contributed by atoms with E-state index >= 15 is 0 Å². The molecular formula is C14H14Br2N2S. The van der Waals surface area contributed by atoms with Gasteiger partial charge in [0.05, 0.1) is 4.47 Å². The molecule has 0 bridgehead atoms. The molecule has 0 atom stereocenters. The van der Waals surface area contributed by atoms with E-state index in [2.05, 4.69) is 67.3 Å².